The van der Waals surface area contributed by atoms with Gasteiger partial charge < -0.3 is 15.4 Å². The number of amides is 2. The molecular weight excluding hydrogens is 280 g/mol. The Labute approximate surface area is 134 Å². The first-order valence-electron chi connectivity index (χ1n) is 8.81. The zero-order valence-electron chi connectivity index (χ0n) is 14.0. The van der Waals surface area contributed by atoms with Crippen LogP contribution in [0.2, 0.25) is 0 Å². The zero-order chi connectivity index (χ0) is 16.0. The number of methoxy groups -OCH3 is 1. The third-order valence-electron chi connectivity index (χ3n) is 4.24. The van der Waals surface area contributed by atoms with Crippen LogP contribution in [0.4, 0.5) is 0 Å². The maximum atomic E-state index is 11.9. The zero-order valence-corrected chi connectivity index (χ0v) is 14.0. The lowest BCUT2D eigenvalue weighted by Crippen LogP contribution is -2.45. The van der Waals surface area contributed by atoms with E-state index in [0.29, 0.717) is 13.2 Å². The molecule has 5 heteroatoms. The number of carbonyl (C=O) groups excluding carboxylic acids is 2. The quantitative estimate of drug-likeness (QED) is 0.619. The van der Waals surface area contributed by atoms with Crippen molar-refractivity contribution in [2.24, 2.45) is 0 Å². The summed E-state index contributed by atoms with van der Waals surface area (Å²) in [5.41, 5.74) is 0. The van der Waals surface area contributed by atoms with Gasteiger partial charge in [-0.2, -0.15) is 0 Å². The molecule has 1 saturated carbocycles. The standard InChI is InChI=1S/C17H32N2O3/c1-22-14-13-18-16(20)17(21)19-15-11-9-7-5-3-2-4-6-8-10-12-15/h15H,2-14H2,1H3,(H,18,20)(H,19,21). The number of carbonyl (C=O) groups is 2. The number of hydrogen-bond donors (Lipinski definition) is 2. The Kier molecular flexibility index (Phi) is 10.7. The van der Waals surface area contributed by atoms with Crippen LogP contribution in [0.1, 0.15) is 70.6 Å². The van der Waals surface area contributed by atoms with Crippen molar-refractivity contribution < 1.29 is 14.3 Å². The lowest BCUT2D eigenvalue weighted by atomic mass is 9.98. The van der Waals surface area contributed by atoms with Gasteiger partial charge in [0.25, 0.3) is 0 Å². The smallest absolute Gasteiger partial charge is 0.309 e. The van der Waals surface area contributed by atoms with E-state index in [-0.39, 0.29) is 6.04 Å². The minimum absolute atomic E-state index is 0.139. The van der Waals surface area contributed by atoms with Gasteiger partial charge >= 0.3 is 11.8 Å². The molecular formula is C17H32N2O3. The fourth-order valence-electron chi connectivity index (χ4n) is 2.91. The molecule has 2 N–H and O–H groups in total. The highest BCUT2D eigenvalue weighted by atomic mass is 16.5. The predicted octanol–water partition coefficient (Wildman–Crippen LogP) is 2.54. The van der Waals surface area contributed by atoms with E-state index in [0.717, 1.165) is 25.7 Å². The number of ether oxygens (including phenoxy) is 1. The van der Waals surface area contributed by atoms with Crippen LogP contribution < -0.4 is 10.6 Å². The predicted molar refractivity (Wildman–Crippen MR) is 87.6 cm³/mol. The van der Waals surface area contributed by atoms with Crippen molar-refractivity contribution in [3.63, 3.8) is 0 Å². The molecule has 0 saturated heterocycles. The molecule has 1 aliphatic rings. The molecule has 1 fully saturated rings. The van der Waals surface area contributed by atoms with Crippen LogP contribution in [0.25, 0.3) is 0 Å². The van der Waals surface area contributed by atoms with Gasteiger partial charge in [-0.25, -0.2) is 0 Å². The number of nitrogens with one attached hydrogen (secondary N) is 2. The summed E-state index contributed by atoms with van der Waals surface area (Å²) in [6.07, 6.45) is 13.3. The van der Waals surface area contributed by atoms with Crippen LogP contribution in [0.3, 0.4) is 0 Å². The maximum Gasteiger partial charge on any atom is 0.309 e. The Morgan fingerprint density at radius 3 is 1.86 bits per heavy atom. The molecule has 5 nitrogen and oxygen atoms in total. The Bertz CT molecular complexity index is 309. The van der Waals surface area contributed by atoms with Crippen molar-refractivity contribution in [3.8, 4) is 0 Å². The summed E-state index contributed by atoms with van der Waals surface area (Å²) in [4.78, 5) is 23.6. The van der Waals surface area contributed by atoms with Crippen molar-refractivity contribution >= 4 is 11.8 Å². The first kappa shape index (κ1) is 18.9. The van der Waals surface area contributed by atoms with Gasteiger partial charge in [-0.15, -0.1) is 0 Å². The van der Waals surface area contributed by atoms with E-state index in [4.69, 9.17) is 4.74 Å². The van der Waals surface area contributed by atoms with Crippen molar-refractivity contribution in [2.75, 3.05) is 20.3 Å². The van der Waals surface area contributed by atoms with Gasteiger partial charge in [0.15, 0.2) is 0 Å². The fourth-order valence-corrected chi connectivity index (χ4v) is 2.91. The molecule has 0 unspecified atom stereocenters. The summed E-state index contributed by atoms with van der Waals surface area (Å²) in [6, 6.07) is 0.139. The summed E-state index contributed by atoms with van der Waals surface area (Å²) < 4.78 is 4.85. The second-order valence-corrected chi connectivity index (χ2v) is 6.18. The monoisotopic (exact) mass is 312 g/mol. The highest BCUT2D eigenvalue weighted by Crippen LogP contribution is 2.16. The number of rotatable bonds is 4. The molecule has 0 aromatic heterocycles. The molecule has 0 aliphatic heterocycles. The van der Waals surface area contributed by atoms with Crippen LogP contribution in [0, 0.1) is 0 Å². The van der Waals surface area contributed by atoms with E-state index >= 15 is 0 Å². The van der Waals surface area contributed by atoms with E-state index < -0.39 is 11.8 Å². The third-order valence-corrected chi connectivity index (χ3v) is 4.24. The second-order valence-electron chi connectivity index (χ2n) is 6.18. The minimum Gasteiger partial charge on any atom is -0.383 e. The minimum atomic E-state index is -0.553. The summed E-state index contributed by atoms with van der Waals surface area (Å²) >= 11 is 0. The molecule has 2 amide bonds. The van der Waals surface area contributed by atoms with E-state index in [2.05, 4.69) is 10.6 Å². The second kappa shape index (κ2) is 12.4. The summed E-state index contributed by atoms with van der Waals surface area (Å²) in [5, 5.41) is 5.47. The first-order chi connectivity index (χ1) is 10.7. The van der Waals surface area contributed by atoms with Gasteiger partial charge in [0.1, 0.15) is 0 Å². The Morgan fingerprint density at radius 2 is 1.36 bits per heavy atom. The molecule has 128 valence electrons. The highest BCUT2D eigenvalue weighted by molar-refractivity contribution is 6.35. The van der Waals surface area contributed by atoms with Gasteiger partial charge in [0.05, 0.1) is 6.61 Å². The topological polar surface area (TPSA) is 67.4 Å². The fraction of sp³-hybridized carbons (Fsp3) is 0.882. The lowest BCUT2D eigenvalue weighted by Gasteiger charge is -2.19. The molecule has 0 bridgehead atoms. The molecule has 0 aromatic rings. The molecule has 0 aromatic carbocycles. The largest absolute Gasteiger partial charge is 0.383 e. The van der Waals surface area contributed by atoms with Crippen LogP contribution in [-0.2, 0) is 14.3 Å². The van der Waals surface area contributed by atoms with E-state index in [1.807, 2.05) is 0 Å². The van der Waals surface area contributed by atoms with E-state index in [9.17, 15) is 9.59 Å². The van der Waals surface area contributed by atoms with Crippen LogP contribution in [0.15, 0.2) is 0 Å². The van der Waals surface area contributed by atoms with Crippen molar-refractivity contribution in [1.29, 1.82) is 0 Å². The van der Waals surface area contributed by atoms with Gasteiger partial charge in [-0.1, -0.05) is 57.8 Å². The van der Waals surface area contributed by atoms with Crippen LogP contribution in [0.5, 0.6) is 0 Å². The summed E-state index contributed by atoms with van der Waals surface area (Å²) in [6.45, 7) is 0.788. The van der Waals surface area contributed by atoms with Gasteiger partial charge in [-0.3, -0.25) is 9.59 Å². The van der Waals surface area contributed by atoms with E-state index in [1.54, 1.807) is 7.11 Å². The molecule has 0 spiro atoms. The summed E-state index contributed by atoms with van der Waals surface area (Å²) in [7, 11) is 1.57. The average molecular weight is 312 g/mol. The summed E-state index contributed by atoms with van der Waals surface area (Å²) in [5.74, 6) is -1.06. The molecule has 1 rings (SSSR count). The Balaban J connectivity index is 2.34. The average Bonchev–Trinajstić information content (AvgIpc) is 2.50. The molecule has 22 heavy (non-hydrogen) atoms. The molecule has 0 radical (unpaired) electrons. The number of hydrogen-bond acceptors (Lipinski definition) is 3. The first-order valence-corrected chi connectivity index (χ1v) is 8.81. The Morgan fingerprint density at radius 1 is 0.864 bits per heavy atom. The molecule has 1 aliphatic carbocycles. The Hall–Kier alpha value is -1.10. The van der Waals surface area contributed by atoms with Gasteiger partial charge in [-0.05, 0) is 12.8 Å². The normalized spacial score (nSPS) is 18.8. The highest BCUT2D eigenvalue weighted by Gasteiger charge is 2.18. The van der Waals surface area contributed by atoms with Gasteiger partial charge in [0.2, 0.25) is 0 Å². The van der Waals surface area contributed by atoms with Crippen molar-refractivity contribution in [2.45, 2.75) is 76.7 Å². The van der Waals surface area contributed by atoms with Crippen molar-refractivity contribution in [1.82, 2.24) is 10.6 Å². The van der Waals surface area contributed by atoms with Crippen LogP contribution in [-0.4, -0.2) is 38.1 Å². The van der Waals surface area contributed by atoms with Crippen molar-refractivity contribution in [3.05, 3.63) is 0 Å². The maximum absolute atomic E-state index is 11.9. The van der Waals surface area contributed by atoms with Gasteiger partial charge in [0, 0.05) is 19.7 Å². The molecule has 0 heterocycles. The third kappa shape index (κ3) is 9.03. The van der Waals surface area contributed by atoms with Crippen LogP contribution >= 0.6 is 0 Å². The lowest BCUT2D eigenvalue weighted by molar-refractivity contribution is -0.139. The SMILES string of the molecule is COCCNC(=O)C(=O)NC1CCCCCCCCCCC1. The molecule has 0 atom stereocenters. The van der Waals surface area contributed by atoms with E-state index in [1.165, 1.54) is 44.9 Å².